The van der Waals surface area contributed by atoms with E-state index < -0.39 is 0 Å². The molecule has 1 aliphatic carbocycles. The second-order valence-electron chi connectivity index (χ2n) is 7.67. The number of benzene rings is 1. The van der Waals surface area contributed by atoms with Gasteiger partial charge in [0.05, 0.1) is 0 Å². The summed E-state index contributed by atoms with van der Waals surface area (Å²) in [5.74, 6) is 2.51. The lowest BCUT2D eigenvalue weighted by Gasteiger charge is -2.27. The summed E-state index contributed by atoms with van der Waals surface area (Å²) < 4.78 is 0. The number of rotatable bonds is 6. The molecule has 1 aromatic rings. The summed E-state index contributed by atoms with van der Waals surface area (Å²) >= 11 is 0. The topological polar surface area (TPSA) is 56.7 Å². The highest BCUT2D eigenvalue weighted by Gasteiger charge is 2.18. The van der Waals surface area contributed by atoms with Crippen molar-refractivity contribution in [3.63, 3.8) is 0 Å². The summed E-state index contributed by atoms with van der Waals surface area (Å²) in [7, 11) is 5.37. The highest BCUT2D eigenvalue weighted by Crippen LogP contribution is 2.27. The highest BCUT2D eigenvalue weighted by atomic mass is 16.2. The first-order chi connectivity index (χ1) is 12.5. The first kappa shape index (κ1) is 20.3. The van der Waals surface area contributed by atoms with Gasteiger partial charge in [0.25, 0.3) is 5.91 Å². The first-order valence-corrected chi connectivity index (χ1v) is 9.74. The van der Waals surface area contributed by atoms with Crippen LogP contribution in [0.3, 0.4) is 0 Å². The van der Waals surface area contributed by atoms with E-state index >= 15 is 0 Å². The SMILES string of the molecule is CN=C(NCCc1cccc(C(=O)N(C)C)c1)NCC1CCCC(C)C1. The van der Waals surface area contributed by atoms with Gasteiger partial charge < -0.3 is 15.5 Å². The van der Waals surface area contributed by atoms with Crippen LogP contribution in [0.2, 0.25) is 0 Å². The maximum atomic E-state index is 12.1. The van der Waals surface area contributed by atoms with Crippen molar-refractivity contribution in [2.75, 3.05) is 34.2 Å². The van der Waals surface area contributed by atoms with Crippen LogP contribution in [-0.4, -0.2) is 51.0 Å². The summed E-state index contributed by atoms with van der Waals surface area (Å²) in [6.07, 6.45) is 6.22. The fourth-order valence-electron chi connectivity index (χ4n) is 3.65. The number of carbonyl (C=O) groups is 1. The number of nitrogens with one attached hydrogen (secondary N) is 2. The normalized spacial score (nSPS) is 20.5. The summed E-state index contributed by atoms with van der Waals surface area (Å²) in [6, 6.07) is 7.85. The summed E-state index contributed by atoms with van der Waals surface area (Å²) in [4.78, 5) is 18.0. The number of carbonyl (C=O) groups excluding carboxylic acids is 1. The van der Waals surface area contributed by atoms with Crippen molar-refractivity contribution in [3.05, 3.63) is 35.4 Å². The number of guanidine groups is 1. The van der Waals surface area contributed by atoms with Gasteiger partial charge in [0.15, 0.2) is 5.96 Å². The van der Waals surface area contributed by atoms with Crippen molar-refractivity contribution in [1.29, 1.82) is 0 Å². The molecule has 1 aliphatic rings. The molecule has 0 spiro atoms. The predicted octanol–water partition coefficient (Wildman–Crippen LogP) is 2.92. The van der Waals surface area contributed by atoms with Crippen molar-refractivity contribution in [3.8, 4) is 0 Å². The molecule has 2 atom stereocenters. The molecular formula is C21H34N4O. The number of amides is 1. The Morgan fingerprint density at radius 2 is 2.08 bits per heavy atom. The van der Waals surface area contributed by atoms with Crippen molar-refractivity contribution in [2.45, 2.75) is 39.0 Å². The van der Waals surface area contributed by atoms with Crippen molar-refractivity contribution >= 4 is 11.9 Å². The summed E-state index contributed by atoms with van der Waals surface area (Å²) in [5, 5.41) is 6.85. The van der Waals surface area contributed by atoms with E-state index in [1.165, 1.54) is 25.7 Å². The Balaban J connectivity index is 1.77. The van der Waals surface area contributed by atoms with Crippen LogP contribution in [0, 0.1) is 11.8 Å². The average Bonchev–Trinajstić information content (AvgIpc) is 2.64. The van der Waals surface area contributed by atoms with Crippen molar-refractivity contribution in [2.24, 2.45) is 16.8 Å². The number of hydrogen-bond acceptors (Lipinski definition) is 2. The Morgan fingerprint density at radius 3 is 2.77 bits per heavy atom. The first-order valence-electron chi connectivity index (χ1n) is 9.74. The van der Waals surface area contributed by atoms with E-state index in [0.717, 1.165) is 48.4 Å². The van der Waals surface area contributed by atoms with E-state index in [1.807, 2.05) is 25.2 Å². The minimum Gasteiger partial charge on any atom is -0.356 e. The zero-order chi connectivity index (χ0) is 18.9. The predicted molar refractivity (Wildman–Crippen MR) is 109 cm³/mol. The molecule has 0 aliphatic heterocycles. The second kappa shape index (κ2) is 10.2. The van der Waals surface area contributed by atoms with E-state index in [1.54, 1.807) is 19.0 Å². The zero-order valence-electron chi connectivity index (χ0n) is 16.7. The van der Waals surface area contributed by atoms with Gasteiger partial charge in [-0.2, -0.15) is 0 Å². The van der Waals surface area contributed by atoms with E-state index in [2.05, 4.69) is 28.6 Å². The van der Waals surface area contributed by atoms with Gasteiger partial charge in [0.2, 0.25) is 0 Å². The fraction of sp³-hybridized carbons (Fsp3) is 0.619. The Hall–Kier alpha value is -2.04. The monoisotopic (exact) mass is 358 g/mol. The Morgan fingerprint density at radius 1 is 1.27 bits per heavy atom. The molecule has 5 nitrogen and oxygen atoms in total. The molecule has 0 bridgehead atoms. The van der Waals surface area contributed by atoms with Crippen molar-refractivity contribution < 1.29 is 4.79 Å². The number of hydrogen-bond donors (Lipinski definition) is 2. The van der Waals surface area contributed by atoms with Gasteiger partial charge in [-0.3, -0.25) is 9.79 Å². The largest absolute Gasteiger partial charge is 0.356 e. The van der Waals surface area contributed by atoms with Gasteiger partial charge in [0, 0.05) is 39.8 Å². The lowest BCUT2D eigenvalue weighted by molar-refractivity contribution is 0.0827. The molecule has 1 amide bonds. The third-order valence-corrected chi connectivity index (χ3v) is 5.11. The molecule has 0 radical (unpaired) electrons. The van der Waals surface area contributed by atoms with E-state index in [4.69, 9.17) is 0 Å². The molecular weight excluding hydrogens is 324 g/mol. The summed E-state index contributed by atoms with van der Waals surface area (Å²) in [5.41, 5.74) is 1.89. The second-order valence-corrected chi connectivity index (χ2v) is 7.67. The maximum absolute atomic E-state index is 12.1. The third kappa shape index (κ3) is 6.36. The van der Waals surface area contributed by atoms with E-state index in [9.17, 15) is 4.79 Å². The Kier molecular flexibility index (Phi) is 7.95. The van der Waals surface area contributed by atoms with Crippen LogP contribution in [-0.2, 0) is 6.42 Å². The molecule has 0 heterocycles. The van der Waals surface area contributed by atoms with E-state index in [0.29, 0.717) is 0 Å². The van der Waals surface area contributed by atoms with Gasteiger partial charge in [-0.05, 0) is 48.8 Å². The van der Waals surface area contributed by atoms with Crippen LogP contribution in [0.25, 0.3) is 0 Å². The van der Waals surface area contributed by atoms with Crippen LogP contribution in [0.4, 0.5) is 0 Å². The molecule has 1 aromatic carbocycles. The molecule has 0 saturated heterocycles. The number of aliphatic imine (C=N–C) groups is 1. The van der Waals surface area contributed by atoms with Crippen LogP contribution in [0.15, 0.2) is 29.3 Å². The average molecular weight is 359 g/mol. The van der Waals surface area contributed by atoms with Gasteiger partial charge in [-0.1, -0.05) is 31.9 Å². The minimum atomic E-state index is 0.0407. The molecule has 144 valence electrons. The molecule has 2 rings (SSSR count). The van der Waals surface area contributed by atoms with Crippen LogP contribution >= 0.6 is 0 Å². The van der Waals surface area contributed by atoms with Gasteiger partial charge in [-0.25, -0.2) is 0 Å². The molecule has 0 aromatic heterocycles. The third-order valence-electron chi connectivity index (χ3n) is 5.11. The number of nitrogens with zero attached hydrogens (tertiary/aromatic N) is 2. The molecule has 2 unspecified atom stereocenters. The lowest BCUT2D eigenvalue weighted by atomic mass is 9.82. The van der Waals surface area contributed by atoms with Crippen LogP contribution in [0.5, 0.6) is 0 Å². The molecule has 1 saturated carbocycles. The van der Waals surface area contributed by atoms with Crippen LogP contribution in [0.1, 0.15) is 48.5 Å². The van der Waals surface area contributed by atoms with Gasteiger partial charge in [0.1, 0.15) is 0 Å². The Bertz CT molecular complexity index is 612. The van der Waals surface area contributed by atoms with Gasteiger partial charge in [-0.15, -0.1) is 0 Å². The molecule has 1 fully saturated rings. The van der Waals surface area contributed by atoms with Crippen molar-refractivity contribution in [1.82, 2.24) is 15.5 Å². The quantitative estimate of drug-likeness (QED) is 0.607. The smallest absolute Gasteiger partial charge is 0.253 e. The Labute approximate surface area is 158 Å². The van der Waals surface area contributed by atoms with Gasteiger partial charge >= 0.3 is 0 Å². The minimum absolute atomic E-state index is 0.0407. The molecule has 2 N–H and O–H groups in total. The fourth-order valence-corrected chi connectivity index (χ4v) is 3.65. The zero-order valence-corrected chi connectivity index (χ0v) is 16.7. The molecule has 26 heavy (non-hydrogen) atoms. The summed E-state index contributed by atoms with van der Waals surface area (Å²) in [6.45, 7) is 4.14. The highest BCUT2D eigenvalue weighted by molar-refractivity contribution is 5.94. The maximum Gasteiger partial charge on any atom is 0.253 e. The molecule has 5 heteroatoms. The van der Waals surface area contributed by atoms with E-state index in [-0.39, 0.29) is 5.91 Å². The van der Waals surface area contributed by atoms with Crippen LogP contribution < -0.4 is 10.6 Å². The standard InChI is InChI=1S/C21H34N4O/c1-16-7-5-9-18(13-16)15-24-21(22-2)23-12-11-17-8-6-10-19(14-17)20(26)25(3)4/h6,8,10,14,16,18H,5,7,9,11-13,15H2,1-4H3,(H2,22,23,24). The lowest BCUT2D eigenvalue weighted by Crippen LogP contribution is -2.41.